The Morgan fingerprint density at radius 2 is 1.78 bits per heavy atom. The molecule has 0 saturated carbocycles. The molecule has 120 valence electrons. The molecule has 0 bridgehead atoms. The van der Waals surface area contributed by atoms with Crippen LogP contribution in [0.15, 0.2) is 42.5 Å². The number of hydrogen-bond donors (Lipinski definition) is 2. The van der Waals surface area contributed by atoms with E-state index in [0.717, 1.165) is 0 Å². The van der Waals surface area contributed by atoms with Gasteiger partial charge in [0.25, 0.3) is 5.91 Å². The number of nitrogens with one attached hydrogen (secondary N) is 1. The molecule has 0 aliphatic rings. The van der Waals surface area contributed by atoms with E-state index in [1.54, 1.807) is 18.2 Å². The Bertz CT molecular complexity index is 731. The van der Waals surface area contributed by atoms with Crippen LogP contribution in [-0.4, -0.2) is 23.1 Å². The minimum atomic E-state index is -1.07. The molecule has 5 nitrogen and oxygen atoms in total. The molecule has 23 heavy (non-hydrogen) atoms. The van der Waals surface area contributed by atoms with Gasteiger partial charge in [-0.2, -0.15) is 0 Å². The third-order valence-electron chi connectivity index (χ3n) is 2.95. The van der Waals surface area contributed by atoms with E-state index in [-0.39, 0.29) is 5.91 Å². The van der Waals surface area contributed by atoms with Crippen molar-refractivity contribution in [2.45, 2.75) is 13.0 Å². The summed E-state index contributed by atoms with van der Waals surface area (Å²) in [6.45, 7) is 1.42. The minimum absolute atomic E-state index is 0.359. The monoisotopic (exact) mass is 353 g/mol. The quantitative estimate of drug-likeness (QED) is 0.848. The van der Waals surface area contributed by atoms with E-state index in [1.807, 2.05) is 0 Å². The summed E-state index contributed by atoms with van der Waals surface area (Å²) in [4.78, 5) is 22.9. The largest absolute Gasteiger partial charge is 0.479 e. The van der Waals surface area contributed by atoms with E-state index >= 15 is 0 Å². The van der Waals surface area contributed by atoms with E-state index in [9.17, 15) is 9.59 Å². The third kappa shape index (κ3) is 4.61. The van der Waals surface area contributed by atoms with Crippen LogP contribution < -0.4 is 10.1 Å². The zero-order valence-corrected chi connectivity index (χ0v) is 13.6. The lowest BCUT2D eigenvalue weighted by molar-refractivity contribution is -0.144. The number of carbonyl (C=O) groups excluding carboxylic acids is 1. The van der Waals surface area contributed by atoms with Crippen molar-refractivity contribution in [3.63, 3.8) is 0 Å². The van der Waals surface area contributed by atoms with Crippen LogP contribution in [0.1, 0.15) is 17.3 Å². The van der Waals surface area contributed by atoms with Crippen molar-refractivity contribution in [2.75, 3.05) is 5.32 Å². The number of amides is 1. The zero-order valence-electron chi connectivity index (χ0n) is 12.0. The molecule has 0 heterocycles. The fraction of sp³-hybridized carbons (Fsp3) is 0.125. The first kappa shape index (κ1) is 17.1. The van der Waals surface area contributed by atoms with Gasteiger partial charge >= 0.3 is 5.97 Å². The zero-order chi connectivity index (χ0) is 17.0. The number of carboxylic acids is 1. The number of rotatable bonds is 5. The van der Waals surface area contributed by atoms with Crippen LogP contribution in [0.3, 0.4) is 0 Å². The predicted molar refractivity (Wildman–Crippen MR) is 88.6 cm³/mol. The number of carboxylic acid groups (broad SMARTS) is 1. The predicted octanol–water partition coefficient (Wildman–Crippen LogP) is 4.10. The number of carbonyl (C=O) groups is 2. The smallest absolute Gasteiger partial charge is 0.344 e. The molecule has 2 aromatic carbocycles. The van der Waals surface area contributed by atoms with Crippen LogP contribution in [0.2, 0.25) is 10.0 Å². The van der Waals surface area contributed by atoms with Crippen molar-refractivity contribution in [3.05, 3.63) is 58.1 Å². The molecular formula is C16H13Cl2NO4. The van der Waals surface area contributed by atoms with Crippen LogP contribution in [0.25, 0.3) is 0 Å². The number of benzene rings is 2. The van der Waals surface area contributed by atoms with Crippen LogP contribution in [-0.2, 0) is 4.79 Å². The van der Waals surface area contributed by atoms with E-state index in [4.69, 9.17) is 33.0 Å². The van der Waals surface area contributed by atoms with Gasteiger partial charge in [0, 0.05) is 10.6 Å². The molecule has 1 amide bonds. The number of anilines is 1. The van der Waals surface area contributed by atoms with Crippen LogP contribution in [0.5, 0.6) is 5.75 Å². The van der Waals surface area contributed by atoms with Crippen molar-refractivity contribution in [1.29, 1.82) is 0 Å². The molecule has 0 spiro atoms. The molecule has 0 saturated heterocycles. The fourth-order valence-corrected chi connectivity index (χ4v) is 2.06. The van der Waals surface area contributed by atoms with Gasteiger partial charge in [-0.1, -0.05) is 23.2 Å². The van der Waals surface area contributed by atoms with Gasteiger partial charge in [-0.25, -0.2) is 4.79 Å². The second-order valence-electron chi connectivity index (χ2n) is 4.70. The van der Waals surface area contributed by atoms with Gasteiger partial charge < -0.3 is 15.2 Å². The first-order valence-corrected chi connectivity index (χ1v) is 7.38. The van der Waals surface area contributed by atoms with Gasteiger partial charge in [0.05, 0.1) is 10.7 Å². The van der Waals surface area contributed by atoms with Crippen LogP contribution >= 0.6 is 23.2 Å². The maximum atomic E-state index is 12.2. The van der Waals surface area contributed by atoms with Crippen molar-refractivity contribution < 1.29 is 19.4 Å². The van der Waals surface area contributed by atoms with Crippen LogP contribution in [0.4, 0.5) is 5.69 Å². The van der Waals surface area contributed by atoms with Gasteiger partial charge in [0.1, 0.15) is 5.75 Å². The number of hydrogen-bond acceptors (Lipinski definition) is 3. The first-order valence-electron chi connectivity index (χ1n) is 6.63. The molecule has 0 aromatic heterocycles. The Balaban J connectivity index is 2.08. The Morgan fingerprint density at radius 1 is 1.13 bits per heavy atom. The molecule has 0 radical (unpaired) electrons. The molecule has 7 heteroatoms. The van der Waals surface area contributed by atoms with Gasteiger partial charge in [-0.05, 0) is 49.4 Å². The Kier molecular flexibility index (Phi) is 5.47. The average Bonchev–Trinajstić information content (AvgIpc) is 2.51. The molecule has 2 rings (SSSR count). The topological polar surface area (TPSA) is 75.6 Å². The summed E-state index contributed by atoms with van der Waals surface area (Å²) in [5, 5.41) is 12.3. The highest BCUT2D eigenvalue weighted by Crippen LogP contribution is 2.26. The molecule has 0 unspecified atom stereocenters. The van der Waals surface area contributed by atoms with E-state index in [0.29, 0.717) is 27.0 Å². The molecule has 0 aliphatic carbocycles. The van der Waals surface area contributed by atoms with Crippen molar-refractivity contribution in [3.8, 4) is 5.75 Å². The first-order chi connectivity index (χ1) is 10.9. The second kappa shape index (κ2) is 7.35. The van der Waals surface area contributed by atoms with Gasteiger partial charge in [-0.15, -0.1) is 0 Å². The number of ether oxygens (including phenoxy) is 1. The molecule has 2 aromatic rings. The molecule has 1 atom stereocenters. The fourth-order valence-electron chi connectivity index (χ4n) is 1.73. The molecule has 0 fully saturated rings. The lowest BCUT2D eigenvalue weighted by Gasteiger charge is -2.11. The average molecular weight is 354 g/mol. The Morgan fingerprint density at radius 3 is 2.39 bits per heavy atom. The van der Waals surface area contributed by atoms with E-state index < -0.39 is 12.1 Å². The van der Waals surface area contributed by atoms with Crippen molar-refractivity contribution in [2.24, 2.45) is 0 Å². The van der Waals surface area contributed by atoms with Crippen molar-refractivity contribution in [1.82, 2.24) is 0 Å². The number of aliphatic carboxylic acids is 1. The summed E-state index contributed by atoms with van der Waals surface area (Å²) < 4.78 is 5.19. The summed E-state index contributed by atoms with van der Waals surface area (Å²) in [5.41, 5.74) is 0.778. The highest BCUT2D eigenvalue weighted by molar-refractivity contribution is 6.35. The summed E-state index contributed by atoms with van der Waals surface area (Å²) in [6, 6.07) is 10.9. The third-order valence-corrected chi connectivity index (χ3v) is 3.52. The SMILES string of the molecule is C[C@@H](Oc1ccc(C(=O)Nc2cc(Cl)ccc2Cl)cc1)C(=O)O. The van der Waals surface area contributed by atoms with E-state index in [1.165, 1.54) is 31.2 Å². The highest BCUT2D eigenvalue weighted by Gasteiger charge is 2.13. The van der Waals surface area contributed by atoms with Gasteiger partial charge in [-0.3, -0.25) is 4.79 Å². The number of halogens is 2. The molecular weight excluding hydrogens is 341 g/mol. The summed E-state index contributed by atoms with van der Waals surface area (Å²) in [5.74, 6) is -1.08. The normalized spacial score (nSPS) is 11.6. The Hall–Kier alpha value is -2.24. The lowest BCUT2D eigenvalue weighted by atomic mass is 10.2. The van der Waals surface area contributed by atoms with Crippen LogP contribution in [0, 0.1) is 0 Å². The summed E-state index contributed by atoms with van der Waals surface area (Å²) in [7, 11) is 0. The second-order valence-corrected chi connectivity index (χ2v) is 5.54. The van der Waals surface area contributed by atoms with Gasteiger partial charge in [0.15, 0.2) is 6.10 Å². The maximum absolute atomic E-state index is 12.2. The standard InChI is InChI=1S/C16H13Cl2NO4/c1-9(16(21)22)23-12-5-2-10(3-6-12)15(20)19-14-8-11(17)4-7-13(14)18/h2-9H,1H3,(H,19,20)(H,21,22)/t9-/m1/s1. The maximum Gasteiger partial charge on any atom is 0.344 e. The Labute approximate surface area is 142 Å². The molecule has 2 N–H and O–H groups in total. The van der Waals surface area contributed by atoms with Crippen molar-refractivity contribution >= 4 is 40.8 Å². The lowest BCUT2D eigenvalue weighted by Crippen LogP contribution is -2.22. The highest BCUT2D eigenvalue weighted by atomic mass is 35.5. The van der Waals surface area contributed by atoms with Gasteiger partial charge in [0.2, 0.25) is 0 Å². The summed E-state index contributed by atoms with van der Waals surface area (Å²) in [6.07, 6.45) is -0.972. The van der Waals surface area contributed by atoms with E-state index in [2.05, 4.69) is 5.32 Å². The minimum Gasteiger partial charge on any atom is -0.479 e. The molecule has 0 aliphatic heterocycles. The summed E-state index contributed by atoms with van der Waals surface area (Å²) >= 11 is 11.9.